The fraction of sp³-hybridized carbons (Fsp3) is 0.600. The molecule has 3 rings (SSSR count). The van der Waals surface area contributed by atoms with Gasteiger partial charge in [-0.15, -0.1) is 0 Å². The van der Waals surface area contributed by atoms with E-state index in [1.54, 1.807) is 16.7 Å². The van der Waals surface area contributed by atoms with Gasteiger partial charge in [0, 0.05) is 12.6 Å². The van der Waals surface area contributed by atoms with Gasteiger partial charge in [-0.25, -0.2) is 0 Å². The van der Waals surface area contributed by atoms with E-state index in [1.807, 2.05) is 0 Å². The Bertz CT molecular complexity index is 396. The zero-order valence-corrected chi connectivity index (χ0v) is 10.3. The zero-order chi connectivity index (χ0) is 11.1. The normalized spacial score (nSPS) is 32.2. The fourth-order valence-corrected chi connectivity index (χ4v) is 3.61. The molecule has 2 aliphatic rings. The predicted molar refractivity (Wildman–Crippen MR) is 67.8 cm³/mol. The average Bonchev–Trinajstić information content (AvgIpc) is 2.34. The van der Waals surface area contributed by atoms with Gasteiger partial charge in [0.2, 0.25) is 0 Å². The Hall–Kier alpha value is -0.820. The molecule has 0 fully saturated rings. The molecular weight excluding hydrogens is 194 g/mol. The summed E-state index contributed by atoms with van der Waals surface area (Å²) in [6, 6.07) is 7.61. The first-order valence-corrected chi connectivity index (χ1v) is 6.66. The van der Waals surface area contributed by atoms with Crippen molar-refractivity contribution in [2.24, 2.45) is 0 Å². The highest BCUT2D eigenvalue weighted by molar-refractivity contribution is 5.44. The van der Waals surface area contributed by atoms with Crippen molar-refractivity contribution in [3.05, 3.63) is 34.9 Å². The lowest BCUT2D eigenvalue weighted by molar-refractivity contribution is 0.344. The second kappa shape index (κ2) is 3.89. The first kappa shape index (κ1) is 10.3. The molecule has 86 valence electrons. The third-order valence-electron chi connectivity index (χ3n) is 4.52. The van der Waals surface area contributed by atoms with Gasteiger partial charge in [0.25, 0.3) is 0 Å². The third kappa shape index (κ3) is 1.41. The van der Waals surface area contributed by atoms with E-state index in [2.05, 4.69) is 37.4 Å². The van der Waals surface area contributed by atoms with E-state index < -0.39 is 0 Å². The number of benzene rings is 1. The van der Waals surface area contributed by atoms with Crippen LogP contribution < -0.4 is 5.32 Å². The number of nitrogens with one attached hydrogen (secondary N) is 1. The molecule has 1 nitrogen and oxygen atoms in total. The standard InChI is InChI=1S/C15H21N/c1-3-14-13-8-7-10(2)12-6-4-5-11(9-16-14)15(12)13/h4-6,10,13-14,16H,3,7-9H2,1-2H3. The van der Waals surface area contributed by atoms with Crippen LogP contribution in [0.5, 0.6) is 0 Å². The van der Waals surface area contributed by atoms with Gasteiger partial charge in [-0.05, 0) is 47.8 Å². The molecule has 1 heteroatoms. The largest absolute Gasteiger partial charge is 0.309 e. The van der Waals surface area contributed by atoms with Crippen LogP contribution in [0.4, 0.5) is 0 Å². The maximum Gasteiger partial charge on any atom is 0.0211 e. The van der Waals surface area contributed by atoms with Crippen LogP contribution in [0.25, 0.3) is 0 Å². The second-order valence-corrected chi connectivity index (χ2v) is 5.40. The van der Waals surface area contributed by atoms with Crippen LogP contribution in [0.2, 0.25) is 0 Å². The summed E-state index contributed by atoms with van der Waals surface area (Å²) >= 11 is 0. The molecule has 1 N–H and O–H groups in total. The van der Waals surface area contributed by atoms with Gasteiger partial charge in [0.05, 0.1) is 0 Å². The number of rotatable bonds is 1. The SMILES string of the molecule is CCC1NCc2cccc3c2C1CCC3C. The summed E-state index contributed by atoms with van der Waals surface area (Å²) in [4.78, 5) is 0. The molecule has 0 aromatic heterocycles. The van der Waals surface area contributed by atoms with Crippen molar-refractivity contribution < 1.29 is 0 Å². The molecule has 0 saturated heterocycles. The molecule has 1 aromatic rings. The Morgan fingerprint density at radius 2 is 2.19 bits per heavy atom. The molecule has 0 spiro atoms. The molecule has 1 aliphatic carbocycles. The molecular formula is C15H21N. The minimum absolute atomic E-state index is 0.709. The topological polar surface area (TPSA) is 12.0 Å². The maximum atomic E-state index is 3.70. The Balaban J connectivity index is 2.12. The van der Waals surface area contributed by atoms with E-state index in [9.17, 15) is 0 Å². The van der Waals surface area contributed by atoms with Gasteiger partial charge in [0.1, 0.15) is 0 Å². The van der Waals surface area contributed by atoms with Gasteiger partial charge in [-0.1, -0.05) is 32.0 Å². The molecule has 1 aromatic carbocycles. The van der Waals surface area contributed by atoms with Crippen molar-refractivity contribution in [2.45, 2.75) is 57.5 Å². The minimum Gasteiger partial charge on any atom is -0.309 e. The Morgan fingerprint density at radius 1 is 1.31 bits per heavy atom. The van der Waals surface area contributed by atoms with E-state index in [0.29, 0.717) is 6.04 Å². The Kier molecular flexibility index (Phi) is 2.51. The lowest BCUT2D eigenvalue weighted by atomic mass is 9.70. The third-order valence-corrected chi connectivity index (χ3v) is 4.52. The first-order valence-electron chi connectivity index (χ1n) is 6.66. The average molecular weight is 215 g/mol. The first-order chi connectivity index (χ1) is 7.81. The summed E-state index contributed by atoms with van der Waals surface area (Å²) in [5.41, 5.74) is 4.89. The van der Waals surface area contributed by atoms with Crippen molar-refractivity contribution in [2.75, 3.05) is 0 Å². The predicted octanol–water partition coefficient (Wildman–Crippen LogP) is 3.55. The van der Waals surface area contributed by atoms with E-state index in [1.165, 1.54) is 19.3 Å². The summed E-state index contributed by atoms with van der Waals surface area (Å²) in [6.07, 6.45) is 3.99. The molecule has 0 saturated carbocycles. The van der Waals surface area contributed by atoms with Gasteiger partial charge >= 0.3 is 0 Å². The summed E-state index contributed by atoms with van der Waals surface area (Å²) in [6.45, 7) is 5.77. The van der Waals surface area contributed by atoms with Crippen LogP contribution in [0.3, 0.4) is 0 Å². The van der Waals surface area contributed by atoms with E-state index in [0.717, 1.165) is 18.4 Å². The van der Waals surface area contributed by atoms with E-state index in [4.69, 9.17) is 0 Å². The summed E-state index contributed by atoms with van der Waals surface area (Å²) in [5.74, 6) is 1.54. The zero-order valence-electron chi connectivity index (χ0n) is 10.3. The van der Waals surface area contributed by atoms with Crippen molar-refractivity contribution in [1.29, 1.82) is 0 Å². The molecule has 3 atom stereocenters. The van der Waals surface area contributed by atoms with Gasteiger partial charge in [-0.3, -0.25) is 0 Å². The van der Waals surface area contributed by atoms with Crippen LogP contribution in [0, 0.1) is 0 Å². The Labute approximate surface area is 98.3 Å². The van der Waals surface area contributed by atoms with Crippen LogP contribution in [-0.4, -0.2) is 6.04 Å². The second-order valence-electron chi connectivity index (χ2n) is 5.40. The summed E-state index contributed by atoms with van der Waals surface area (Å²) < 4.78 is 0. The molecule has 16 heavy (non-hydrogen) atoms. The summed E-state index contributed by atoms with van der Waals surface area (Å²) in [7, 11) is 0. The van der Waals surface area contributed by atoms with Gasteiger partial charge in [-0.2, -0.15) is 0 Å². The smallest absolute Gasteiger partial charge is 0.0211 e. The molecule has 3 unspecified atom stereocenters. The molecule has 1 heterocycles. The van der Waals surface area contributed by atoms with Crippen LogP contribution in [0.15, 0.2) is 18.2 Å². The molecule has 0 radical (unpaired) electrons. The van der Waals surface area contributed by atoms with E-state index in [-0.39, 0.29) is 0 Å². The highest BCUT2D eigenvalue weighted by Gasteiger charge is 2.34. The van der Waals surface area contributed by atoms with Crippen LogP contribution >= 0.6 is 0 Å². The van der Waals surface area contributed by atoms with E-state index >= 15 is 0 Å². The van der Waals surface area contributed by atoms with Crippen molar-refractivity contribution >= 4 is 0 Å². The lowest BCUT2D eigenvalue weighted by Crippen LogP contribution is -2.41. The fourth-order valence-electron chi connectivity index (χ4n) is 3.61. The Morgan fingerprint density at radius 3 is 3.00 bits per heavy atom. The highest BCUT2D eigenvalue weighted by Crippen LogP contribution is 2.44. The number of hydrogen-bond acceptors (Lipinski definition) is 1. The van der Waals surface area contributed by atoms with Crippen molar-refractivity contribution in [1.82, 2.24) is 5.32 Å². The monoisotopic (exact) mass is 215 g/mol. The molecule has 0 bridgehead atoms. The summed E-state index contributed by atoms with van der Waals surface area (Å²) in [5, 5.41) is 3.70. The van der Waals surface area contributed by atoms with Crippen molar-refractivity contribution in [3.63, 3.8) is 0 Å². The highest BCUT2D eigenvalue weighted by atomic mass is 14.9. The molecule has 1 aliphatic heterocycles. The van der Waals surface area contributed by atoms with Crippen LogP contribution in [0.1, 0.15) is 61.6 Å². The van der Waals surface area contributed by atoms with Crippen LogP contribution in [-0.2, 0) is 6.54 Å². The lowest BCUT2D eigenvalue weighted by Gasteiger charge is -2.40. The number of hydrogen-bond donors (Lipinski definition) is 1. The maximum absolute atomic E-state index is 3.70. The molecule has 0 amide bonds. The quantitative estimate of drug-likeness (QED) is 0.755. The van der Waals surface area contributed by atoms with Gasteiger partial charge in [0.15, 0.2) is 0 Å². The van der Waals surface area contributed by atoms with Crippen molar-refractivity contribution in [3.8, 4) is 0 Å². The van der Waals surface area contributed by atoms with Gasteiger partial charge < -0.3 is 5.32 Å². The minimum atomic E-state index is 0.709.